The summed E-state index contributed by atoms with van der Waals surface area (Å²) in [5, 5.41) is 2.07. The van der Waals surface area contributed by atoms with Gasteiger partial charge in [-0.3, -0.25) is 0 Å². The molecule has 0 saturated carbocycles. The van der Waals surface area contributed by atoms with E-state index in [1.807, 2.05) is 6.92 Å². The van der Waals surface area contributed by atoms with Crippen molar-refractivity contribution in [2.24, 2.45) is 0 Å². The van der Waals surface area contributed by atoms with E-state index in [1.54, 1.807) is 16.2 Å². The van der Waals surface area contributed by atoms with Crippen LogP contribution in [0.15, 0.2) is 11.4 Å². The molecule has 0 bridgehead atoms. The minimum atomic E-state index is -0.205. The summed E-state index contributed by atoms with van der Waals surface area (Å²) in [6, 6.07) is 2.09. The predicted molar refractivity (Wildman–Crippen MR) is 67.3 cm³/mol. The molecule has 1 aliphatic rings. The lowest BCUT2D eigenvalue weighted by atomic mass is 10.1. The topological polar surface area (TPSA) is 45.3 Å². The molecule has 0 spiro atoms. The molecular weight excluding hydrogens is 236 g/mol. The lowest BCUT2D eigenvalue weighted by molar-refractivity contribution is 0.103. The second-order valence-corrected chi connectivity index (χ2v) is 5.03. The quantitative estimate of drug-likeness (QED) is 0.845. The smallest absolute Gasteiger partial charge is 0.410 e. The highest BCUT2D eigenvalue weighted by molar-refractivity contribution is 7.17. The molecule has 0 radical (unpaired) electrons. The zero-order valence-corrected chi connectivity index (χ0v) is 10.5. The first-order valence-corrected chi connectivity index (χ1v) is 6.66. The highest BCUT2D eigenvalue weighted by Gasteiger charge is 2.25. The van der Waals surface area contributed by atoms with Gasteiger partial charge in [-0.05, 0) is 18.4 Å². The molecule has 0 saturated heterocycles. The molecule has 0 aromatic carbocycles. The summed E-state index contributed by atoms with van der Waals surface area (Å²) in [5.41, 5.74) is 3.72. The number of rotatable bonds is 1. The monoisotopic (exact) mass is 250 g/mol. The van der Waals surface area contributed by atoms with Gasteiger partial charge in [0.2, 0.25) is 0 Å². The largest absolute Gasteiger partial charge is 0.450 e. The fourth-order valence-corrected chi connectivity index (χ4v) is 3.20. The molecule has 90 valence electrons. The number of nitrogens with one attached hydrogen (secondary N) is 1. The van der Waals surface area contributed by atoms with E-state index in [0.29, 0.717) is 13.2 Å². The van der Waals surface area contributed by atoms with Crippen molar-refractivity contribution in [1.29, 1.82) is 0 Å². The second-order valence-electron chi connectivity index (χ2n) is 4.12. The third-order valence-electron chi connectivity index (χ3n) is 3.10. The molecule has 2 aromatic rings. The predicted octanol–water partition coefficient (Wildman–Crippen LogP) is 2.74. The van der Waals surface area contributed by atoms with E-state index < -0.39 is 0 Å². The number of carbonyl (C=O) groups excluding carboxylic acids is 1. The standard InChI is InChI=1S/C12H14N2O2S/c1-2-16-12(15)14-5-3-9-8(7-14)11-10(13-9)4-6-17-11/h4,6,13H,2-3,5,7H2,1H3. The molecule has 2 aromatic heterocycles. The van der Waals surface area contributed by atoms with E-state index >= 15 is 0 Å². The van der Waals surface area contributed by atoms with Gasteiger partial charge in [-0.15, -0.1) is 11.3 Å². The minimum Gasteiger partial charge on any atom is -0.450 e. The molecule has 0 atom stereocenters. The Morgan fingerprint density at radius 1 is 1.65 bits per heavy atom. The number of hydrogen-bond acceptors (Lipinski definition) is 3. The van der Waals surface area contributed by atoms with Crippen molar-refractivity contribution in [1.82, 2.24) is 9.88 Å². The van der Waals surface area contributed by atoms with Gasteiger partial charge in [0, 0.05) is 24.2 Å². The summed E-state index contributed by atoms with van der Waals surface area (Å²) in [7, 11) is 0. The van der Waals surface area contributed by atoms with Gasteiger partial charge in [0.15, 0.2) is 0 Å². The van der Waals surface area contributed by atoms with Crippen LogP contribution in [0.25, 0.3) is 10.2 Å². The summed E-state index contributed by atoms with van der Waals surface area (Å²) in [6.45, 7) is 3.67. The summed E-state index contributed by atoms with van der Waals surface area (Å²) >= 11 is 1.73. The Kier molecular flexibility index (Phi) is 2.55. The van der Waals surface area contributed by atoms with Gasteiger partial charge < -0.3 is 14.6 Å². The van der Waals surface area contributed by atoms with Crippen LogP contribution in [0.5, 0.6) is 0 Å². The Bertz CT molecular complexity index is 558. The van der Waals surface area contributed by atoms with Crippen LogP contribution in [0, 0.1) is 0 Å². The van der Waals surface area contributed by atoms with Crippen LogP contribution in [-0.2, 0) is 17.7 Å². The zero-order chi connectivity index (χ0) is 11.8. The highest BCUT2D eigenvalue weighted by Crippen LogP contribution is 2.31. The Balaban J connectivity index is 1.90. The Morgan fingerprint density at radius 3 is 3.35 bits per heavy atom. The van der Waals surface area contributed by atoms with Gasteiger partial charge in [-0.25, -0.2) is 4.79 Å². The molecule has 1 aliphatic heterocycles. The molecule has 0 aliphatic carbocycles. The van der Waals surface area contributed by atoms with Crippen LogP contribution in [0.4, 0.5) is 4.79 Å². The van der Waals surface area contributed by atoms with E-state index in [2.05, 4.69) is 16.4 Å². The van der Waals surface area contributed by atoms with Crippen LogP contribution in [-0.4, -0.2) is 29.1 Å². The molecule has 3 heterocycles. The highest BCUT2D eigenvalue weighted by atomic mass is 32.1. The third-order valence-corrected chi connectivity index (χ3v) is 4.07. The van der Waals surface area contributed by atoms with Gasteiger partial charge >= 0.3 is 6.09 Å². The number of carbonyl (C=O) groups is 1. The first kappa shape index (κ1) is 10.7. The van der Waals surface area contributed by atoms with E-state index in [4.69, 9.17) is 4.74 Å². The van der Waals surface area contributed by atoms with Crippen LogP contribution in [0.3, 0.4) is 0 Å². The average Bonchev–Trinajstić information content (AvgIpc) is 2.88. The van der Waals surface area contributed by atoms with E-state index in [-0.39, 0.29) is 6.09 Å². The van der Waals surface area contributed by atoms with E-state index in [9.17, 15) is 4.79 Å². The number of ether oxygens (including phenoxy) is 1. The molecule has 1 amide bonds. The normalized spacial score (nSPS) is 15.0. The summed E-state index contributed by atoms with van der Waals surface area (Å²) in [5.74, 6) is 0. The van der Waals surface area contributed by atoms with Crippen LogP contribution in [0.2, 0.25) is 0 Å². The summed E-state index contributed by atoms with van der Waals surface area (Å²) < 4.78 is 6.32. The van der Waals surface area contributed by atoms with Crippen molar-refractivity contribution in [3.63, 3.8) is 0 Å². The molecule has 1 N–H and O–H groups in total. The Labute approximate surface area is 103 Å². The number of aromatic nitrogens is 1. The zero-order valence-electron chi connectivity index (χ0n) is 9.66. The van der Waals surface area contributed by atoms with Gasteiger partial charge in [0.1, 0.15) is 0 Å². The molecule has 5 heteroatoms. The maximum absolute atomic E-state index is 11.7. The minimum absolute atomic E-state index is 0.205. The number of aromatic amines is 1. The molecule has 17 heavy (non-hydrogen) atoms. The number of hydrogen-bond donors (Lipinski definition) is 1. The van der Waals surface area contributed by atoms with E-state index in [1.165, 1.54) is 21.5 Å². The number of amides is 1. The summed E-state index contributed by atoms with van der Waals surface area (Å²) in [6.07, 6.45) is 0.680. The average molecular weight is 250 g/mol. The fraction of sp³-hybridized carbons (Fsp3) is 0.417. The maximum Gasteiger partial charge on any atom is 0.410 e. The van der Waals surface area contributed by atoms with Gasteiger partial charge in [0.05, 0.1) is 23.4 Å². The Hall–Kier alpha value is -1.49. The SMILES string of the molecule is CCOC(=O)N1CCc2[nH]c3ccsc3c2C1. The van der Waals surface area contributed by atoms with Crippen LogP contribution < -0.4 is 0 Å². The van der Waals surface area contributed by atoms with Gasteiger partial charge in [-0.1, -0.05) is 0 Å². The number of fused-ring (bicyclic) bond motifs is 3. The number of H-pyrrole nitrogens is 1. The lowest BCUT2D eigenvalue weighted by Gasteiger charge is -2.26. The lowest BCUT2D eigenvalue weighted by Crippen LogP contribution is -2.36. The summed E-state index contributed by atoms with van der Waals surface area (Å²) in [4.78, 5) is 16.9. The number of nitrogens with zero attached hydrogens (tertiary/aromatic N) is 1. The first-order chi connectivity index (χ1) is 8.29. The molecular formula is C12H14N2O2S. The third kappa shape index (κ3) is 1.70. The molecule has 0 unspecified atom stereocenters. The van der Waals surface area contributed by atoms with Crippen molar-refractivity contribution in [2.75, 3.05) is 13.2 Å². The van der Waals surface area contributed by atoms with Crippen LogP contribution in [0.1, 0.15) is 18.2 Å². The van der Waals surface area contributed by atoms with Crippen molar-refractivity contribution in [2.45, 2.75) is 19.9 Å². The van der Waals surface area contributed by atoms with Crippen LogP contribution >= 0.6 is 11.3 Å². The maximum atomic E-state index is 11.7. The molecule has 3 rings (SSSR count). The fourth-order valence-electron chi connectivity index (χ4n) is 2.28. The van der Waals surface area contributed by atoms with Gasteiger partial charge in [-0.2, -0.15) is 0 Å². The van der Waals surface area contributed by atoms with Crippen molar-refractivity contribution in [3.8, 4) is 0 Å². The number of thiophene rings is 1. The van der Waals surface area contributed by atoms with Crippen molar-refractivity contribution < 1.29 is 9.53 Å². The second kappa shape index (κ2) is 4.07. The molecule has 4 nitrogen and oxygen atoms in total. The van der Waals surface area contributed by atoms with Crippen molar-refractivity contribution >= 4 is 27.6 Å². The molecule has 0 fully saturated rings. The van der Waals surface area contributed by atoms with E-state index in [0.717, 1.165) is 13.0 Å². The first-order valence-electron chi connectivity index (χ1n) is 5.78. The Morgan fingerprint density at radius 2 is 2.53 bits per heavy atom. The van der Waals surface area contributed by atoms with Crippen molar-refractivity contribution in [3.05, 3.63) is 22.7 Å². The van der Waals surface area contributed by atoms with Gasteiger partial charge in [0.25, 0.3) is 0 Å².